The van der Waals surface area contributed by atoms with Crippen molar-refractivity contribution < 1.29 is 8.78 Å². The van der Waals surface area contributed by atoms with Crippen molar-refractivity contribution in [2.45, 2.75) is 19.8 Å². The first-order chi connectivity index (χ1) is 9.02. The number of nitrogens with zero attached hydrogens (tertiary/aromatic N) is 1. The van der Waals surface area contributed by atoms with Gasteiger partial charge in [-0.1, -0.05) is 13.8 Å². The van der Waals surface area contributed by atoms with Gasteiger partial charge in [-0.3, -0.25) is 0 Å². The van der Waals surface area contributed by atoms with Crippen LogP contribution in [-0.4, -0.2) is 16.5 Å². The smallest absolute Gasteiger partial charge is 0.135 e. The molecular weight excluding hydrogens is 248 g/mol. The molecule has 0 aliphatic heterocycles. The Morgan fingerprint density at radius 2 is 2.05 bits per heavy atom. The number of nitrogens with two attached hydrogens (primary N) is 1. The summed E-state index contributed by atoms with van der Waals surface area (Å²) in [7, 11) is 0. The van der Waals surface area contributed by atoms with E-state index in [0.717, 1.165) is 11.9 Å². The first-order valence-corrected chi connectivity index (χ1v) is 6.23. The van der Waals surface area contributed by atoms with Crippen LogP contribution in [0.2, 0.25) is 0 Å². The Labute approximate surface area is 110 Å². The van der Waals surface area contributed by atoms with Crippen LogP contribution in [0, 0.1) is 17.6 Å². The highest BCUT2D eigenvalue weighted by Gasteiger charge is 2.18. The van der Waals surface area contributed by atoms with E-state index in [4.69, 9.17) is 5.73 Å². The van der Waals surface area contributed by atoms with Gasteiger partial charge >= 0.3 is 0 Å². The lowest BCUT2D eigenvalue weighted by Crippen LogP contribution is -2.19. The molecule has 1 aromatic carbocycles. The maximum Gasteiger partial charge on any atom is 0.135 e. The molecule has 1 unspecified atom stereocenters. The molecule has 0 saturated carbocycles. The third-order valence-corrected chi connectivity index (χ3v) is 3.23. The zero-order valence-electron chi connectivity index (χ0n) is 11.0. The zero-order valence-corrected chi connectivity index (χ0v) is 11.0. The Morgan fingerprint density at radius 3 is 2.63 bits per heavy atom. The number of aromatic nitrogens is 2. The average Bonchev–Trinajstić information content (AvgIpc) is 2.78. The summed E-state index contributed by atoms with van der Waals surface area (Å²) >= 11 is 0. The van der Waals surface area contributed by atoms with Gasteiger partial charge in [-0.25, -0.2) is 13.8 Å². The van der Waals surface area contributed by atoms with Crippen LogP contribution in [0.4, 0.5) is 8.78 Å². The number of nitrogens with one attached hydrogen (secondary N) is 1. The lowest BCUT2D eigenvalue weighted by atomic mass is 9.95. The summed E-state index contributed by atoms with van der Waals surface area (Å²) in [5.74, 6) is -0.0393. The van der Waals surface area contributed by atoms with E-state index in [2.05, 4.69) is 23.8 Å². The largest absolute Gasteiger partial charge is 0.342 e. The van der Waals surface area contributed by atoms with Crippen LogP contribution in [0.3, 0.4) is 0 Å². The van der Waals surface area contributed by atoms with Crippen LogP contribution in [0.25, 0.3) is 11.3 Å². The molecule has 0 aliphatic carbocycles. The molecule has 1 atom stereocenters. The van der Waals surface area contributed by atoms with Gasteiger partial charge in [-0.2, -0.15) is 0 Å². The molecule has 102 valence electrons. The lowest BCUT2D eigenvalue weighted by molar-refractivity contribution is 0.487. The van der Waals surface area contributed by atoms with Crippen molar-refractivity contribution in [3.8, 4) is 11.3 Å². The molecule has 19 heavy (non-hydrogen) atoms. The molecule has 0 bridgehead atoms. The summed E-state index contributed by atoms with van der Waals surface area (Å²) in [4.78, 5) is 7.32. The second kappa shape index (κ2) is 5.48. The van der Waals surface area contributed by atoms with Crippen molar-refractivity contribution in [1.82, 2.24) is 9.97 Å². The number of aromatic amines is 1. The summed E-state index contributed by atoms with van der Waals surface area (Å²) in [5.41, 5.74) is 6.56. The van der Waals surface area contributed by atoms with E-state index in [1.165, 1.54) is 12.1 Å². The first-order valence-electron chi connectivity index (χ1n) is 6.23. The van der Waals surface area contributed by atoms with Crippen molar-refractivity contribution in [2.75, 3.05) is 6.54 Å². The first kappa shape index (κ1) is 13.7. The monoisotopic (exact) mass is 265 g/mol. The topological polar surface area (TPSA) is 54.7 Å². The highest BCUT2D eigenvalue weighted by atomic mass is 19.1. The van der Waals surface area contributed by atoms with Gasteiger partial charge in [0.1, 0.15) is 17.5 Å². The van der Waals surface area contributed by atoms with Crippen LogP contribution in [0.1, 0.15) is 25.6 Å². The van der Waals surface area contributed by atoms with Crippen LogP contribution in [-0.2, 0) is 0 Å². The second-order valence-electron chi connectivity index (χ2n) is 4.89. The fraction of sp³-hybridized carbons (Fsp3) is 0.357. The van der Waals surface area contributed by atoms with Crippen molar-refractivity contribution >= 4 is 0 Å². The standard InChI is InChI=1S/C14H17F2N3/c1-8(2)11(6-17)14-18-7-13(19-14)10-4-3-9(15)5-12(10)16/h3-5,7-8,11H,6,17H2,1-2H3,(H,18,19). The molecular formula is C14H17F2N3. The van der Waals surface area contributed by atoms with Gasteiger partial charge < -0.3 is 10.7 Å². The highest BCUT2D eigenvalue weighted by molar-refractivity contribution is 5.59. The molecule has 3 nitrogen and oxygen atoms in total. The Kier molecular flexibility index (Phi) is 3.95. The zero-order chi connectivity index (χ0) is 14.0. The summed E-state index contributed by atoms with van der Waals surface area (Å²) in [6.07, 6.45) is 1.55. The average molecular weight is 265 g/mol. The van der Waals surface area contributed by atoms with Crippen molar-refractivity contribution in [2.24, 2.45) is 11.7 Å². The molecule has 0 amide bonds. The Morgan fingerprint density at radius 1 is 1.32 bits per heavy atom. The maximum absolute atomic E-state index is 13.7. The molecule has 1 aromatic heterocycles. The van der Waals surface area contributed by atoms with E-state index in [9.17, 15) is 8.78 Å². The predicted molar refractivity (Wildman–Crippen MR) is 70.6 cm³/mol. The molecule has 5 heteroatoms. The van der Waals surface area contributed by atoms with E-state index in [1.54, 1.807) is 6.20 Å². The SMILES string of the molecule is CC(C)C(CN)c1ncc(-c2ccc(F)cc2F)[nH]1. The molecule has 0 radical (unpaired) electrons. The number of benzene rings is 1. The molecule has 0 aliphatic rings. The molecule has 0 saturated heterocycles. The third kappa shape index (κ3) is 2.81. The summed E-state index contributed by atoms with van der Waals surface area (Å²) in [6.45, 7) is 4.58. The fourth-order valence-corrected chi connectivity index (χ4v) is 2.07. The van der Waals surface area contributed by atoms with Crippen LogP contribution >= 0.6 is 0 Å². The van der Waals surface area contributed by atoms with E-state index in [1.807, 2.05) is 0 Å². The second-order valence-corrected chi connectivity index (χ2v) is 4.89. The molecule has 2 rings (SSSR count). The minimum Gasteiger partial charge on any atom is -0.342 e. The van der Waals surface area contributed by atoms with Gasteiger partial charge in [0.15, 0.2) is 0 Å². The summed E-state index contributed by atoms with van der Waals surface area (Å²) in [6, 6.07) is 3.48. The van der Waals surface area contributed by atoms with Crippen molar-refractivity contribution in [3.05, 3.63) is 41.9 Å². The van der Waals surface area contributed by atoms with E-state index >= 15 is 0 Å². The Bertz CT molecular complexity index is 564. The number of H-pyrrole nitrogens is 1. The number of rotatable bonds is 4. The van der Waals surface area contributed by atoms with Crippen molar-refractivity contribution in [1.29, 1.82) is 0 Å². The fourth-order valence-electron chi connectivity index (χ4n) is 2.07. The number of halogens is 2. The number of hydrogen-bond donors (Lipinski definition) is 2. The predicted octanol–water partition coefficient (Wildman–Crippen LogP) is 3.05. The van der Waals surface area contributed by atoms with E-state index < -0.39 is 11.6 Å². The molecule has 2 aromatic rings. The maximum atomic E-state index is 13.7. The lowest BCUT2D eigenvalue weighted by Gasteiger charge is -2.15. The molecule has 1 heterocycles. The molecule has 3 N–H and O–H groups in total. The molecule has 0 fully saturated rings. The van der Waals surface area contributed by atoms with E-state index in [0.29, 0.717) is 23.7 Å². The Hall–Kier alpha value is -1.75. The quantitative estimate of drug-likeness (QED) is 0.892. The third-order valence-electron chi connectivity index (χ3n) is 3.23. The molecule has 0 spiro atoms. The van der Waals surface area contributed by atoms with Crippen LogP contribution < -0.4 is 5.73 Å². The van der Waals surface area contributed by atoms with Gasteiger partial charge in [-0.15, -0.1) is 0 Å². The van der Waals surface area contributed by atoms with Gasteiger partial charge in [0.25, 0.3) is 0 Å². The van der Waals surface area contributed by atoms with Crippen LogP contribution in [0.15, 0.2) is 24.4 Å². The van der Waals surface area contributed by atoms with Crippen molar-refractivity contribution in [3.63, 3.8) is 0 Å². The van der Waals surface area contributed by atoms with Crippen LogP contribution in [0.5, 0.6) is 0 Å². The minimum absolute atomic E-state index is 0.0947. The summed E-state index contributed by atoms with van der Waals surface area (Å²) < 4.78 is 26.5. The Balaban J connectivity index is 2.35. The number of imidazole rings is 1. The summed E-state index contributed by atoms with van der Waals surface area (Å²) in [5, 5.41) is 0. The highest BCUT2D eigenvalue weighted by Crippen LogP contribution is 2.26. The van der Waals surface area contributed by atoms with Gasteiger partial charge in [0, 0.05) is 24.1 Å². The number of hydrogen-bond acceptors (Lipinski definition) is 2. The van der Waals surface area contributed by atoms with Gasteiger partial charge in [0.2, 0.25) is 0 Å². The minimum atomic E-state index is -0.607. The van der Waals surface area contributed by atoms with Gasteiger partial charge in [-0.05, 0) is 18.1 Å². The van der Waals surface area contributed by atoms with E-state index in [-0.39, 0.29) is 5.92 Å². The normalized spacial score (nSPS) is 12.9. The van der Waals surface area contributed by atoms with Gasteiger partial charge in [0.05, 0.1) is 11.9 Å².